The van der Waals surface area contributed by atoms with Gasteiger partial charge >= 0.3 is 0 Å². The fourth-order valence-corrected chi connectivity index (χ4v) is 4.54. The summed E-state index contributed by atoms with van der Waals surface area (Å²) in [4.78, 5) is 2.77. The number of benzene rings is 3. The molecule has 0 aliphatic heterocycles. The average Bonchev–Trinajstić information content (AvgIpc) is 2.71. The maximum Gasteiger partial charge on any atom is 0.208 e. The summed E-state index contributed by atoms with van der Waals surface area (Å²) in [6.45, 7) is 0. The molecule has 0 saturated heterocycles. The number of sulfone groups is 1. The minimum absolute atomic E-state index is 0.0182. The summed E-state index contributed by atoms with van der Waals surface area (Å²) < 4.78 is 94.8. The van der Waals surface area contributed by atoms with Gasteiger partial charge in [0.1, 0.15) is 11.3 Å². The molecule has 0 aliphatic rings. The van der Waals surface area contributed by atoms with Gasteiger partial charge in [0.25, 0.3) is 0 Å². The number of hydrogen-bond donors (Lipinski definition) is 0. The van der Waals surface area contributed by atoms with E-state index in [0.29, 0.717) is 12.1 Å². The first-order chi connectivity index (χ1) is 14.2. The van der Waals surface area contributed by atoms with Crippen LogP contribution in [0.3, 0.4) is 0 Å². The molecule has 0 bridgehead atoms. The molecule has 0 spiro atoms. The van der Waals surface area contributed by atoms with Crippen molar-refractivity contribution in [2.45, 2.75) is 9.79 Å². The van der Waals surface area contributed by atoms with Gasteiger partial charge in [-0.1, -0.05) is 18.2 Å². The number of para-hydroxylation sites is 1. The van der Waals surface area contributed by atoms with Crippen molar-refractivity contribution in [1.29, 1.82) is 0 Å². The summed E-state index contributed by atoms with van der Waals surface area (Å²) in [6, 6.07) is 8.46. The van der Waals surface area contributed by atoms with Crippen molar-refractivity contribution in [2.75, 3.05) is 0 Å². The normalized spacial score (nSPS) is 11.8. The van der Waals surface area contributed by atoms with Gasteiger partial charge in [-0.2, -0.15) is 0 Å². The van der Waals surface area contributed by atoms with Gasteiger partial charge in [0, 0.05) is 17.1 Å². The first kappa shape index (κ1) is 20.0. The number of pyridine rings is 1. The molecule has 152 valence electrons. The molecule has 0 unspecified atom stereocenters. The Morgan fingerprint density at radius 2 is 1.37 bits per heavy atom. The van der Waals surface area contributed by atoms with Crippen molar-refractivity contribution in [3.63, 3.8) is 0 Å². The summed E-state index contributed by atoms with van der Waals surface area (Å²) in [5.41, 5.74) is -0.405. The van der Waals surface area contributed by atoms with Crippen LogP contribution in [0.2, 0.25) is 0 Å². The van der Waals surface area contributed by atoms with Gasteiger partial charge < -0.3 is 0 Å². The van der Waals surface area contributed by atoms with Crippen LogP contribution in [0.15, 0.2) is 70.6 Å². The lowest BCUT2D eigenvalue weighted by molar-refractivity contribution is 0.504. The Labute approximate surface area is 167 Å². The van der Waals surface area contributed by atoms with E-state index < -0.39 is 48.7 Å². The molecule has 1 aromatic heterocycles. The molecule has 0 amide bonds. The van der Waals surface area contributed by atoms with Crippen LogP contribution in [0.1, 0.15) is 0 Å². The van der Waals surface area contributed by atoms with Crippen LogP contribution in [-0.2, 0) is 9.84 Å². The molecule has 0 atom stereocenters. The van der Waals surface area contributed by atoms with E-state index in [0.717, 1.165) is 36.5 Å². The fraction of sp³-hybridized carbons (Fsp3) is 0. The largest absolute Gasteiger partial charge is 0.252 e. The van der Waals surface area contributed by atoms with Crippen LogP contribution in [0.5, 0.6) is 0 Å². The van der Waals surface area contributed by atoms with Gasteiger partial charge in [-0.25, -0.2) is 30.4 Å². The Morgan fingerprint density at radius 1 is 0.700 bits per heavy atom. The number of fused-ring (bicyclic) bond motifs is 1. The van der Waals surface area contributed by atoms with Gasteiger partial charge in [0.15, 0.2) is 23.3 Å². The van der Waals surface area contributed by atoms with E-state index in [1.807, 2.05) is 0 Å². The first-order valence-electron chi connectivity index (χ1n) is 8.43. The predicted octanol–water partition coefficient (Wildman–Crippen LogP) is 5.43. The van der Waals surface area contributed by atoms with Crippen molar-refractivity contribution in [1.82, 2.24) is 4.98 Å². The maximum absolute atomic E-state index is 14.2. The Bertz CT molecular complexity index is 1420. The molecular formula is C21H10F5NO2S. The Hall–Kier alpha value is -3.33. The highest BCUT2D eigenvalue weighted by Gasteiger charge is 2.26. The van der Waals surface area contributed by atoms with E-state index in [2.05, 4.69) is 4.98 Å². The predicted molar refractivity (Wildman–Crippen MR) is 98.9 cm³/mol. The summed E-state index contributed by atoms with van der Waals surface area (Å²) >= 11 is 0. The van der Waals surface area contributed by atoms with E-state index in [4.69, 9.17) is 0 Å². The van der Waals surface area contributed by atoms with Gasteiger partial charge in [0.2, 0.25) is 9.84 Å². The molecule has 4 aromatic rings. The number of nitrogens with zero attached hydrogens (tertiary/aromatic N) is 1. The number of hydrogen-bond acceptors (Lipinski definition) is 3. The Balaban J connectivity index is 2.09. The quantitative estimate of drug-likeness (QED) is 0.319. The molecule has 0 fully saturated rings. The molecule has 0 aliphatic carbocycles. The van der Waals surface area contributed by atoms with Crippen LogP contribution in [0, 0.1) is 29.1 Å². The average molecular weight is 435 g/mol. The summed E-state index contributed by atoms with van der Waals surface area (Å²) in [6.07, 6.45) is 0.846. The fourth-order valence-electron chi connectivity index (χ4n) is 3.09. The summed E-state index contributed by atoms with van der Waals surface area (Å²) in [5, 5.41) is 0.0182. The van der Waals surface area contributed by atoms with Gasteiger partial charge in [-0.15, -0.1) is 0 Å². The third-order valence-corrected chi connectivity index (χ3v) is 6.28. The second kappa shape index (κ2) is 7.17. The monoisotopic (exact) mass is 435 g/mol. The third kappa shape index (κ3) is 3.21. The highest BCUT2D eigenvalue weighted by atomic mass is 32.2. The van der Waals surface area contributed by atoms with Crippen molar-refractivity contribution >= 4 is 20.7 Å². The first-order valence-corrected chi connectivity index (χ1v) is 9.91. The zero-order chi connectivity index (χ0) is 21.6. The molecule has 0 saturated carbocycles. The highest BCUT2D eigenvalue weighted by molar-refractivity contribution is 7.91. The maximum atomic E-state index is 14.2. The van der Waals surface area contributed by atoms with Crippen LogP contribution >= 0.6 is 0 Å². The van der Waals surface area contributed by atoms with Crippen LogP contribution in [0.25, 0.3) is 22.0 Å². The molecule has 30 heavy (non-hydrogen) atoms. The van der Waals surface area contributed by atoms with Crippen molar-refractivity contribution in [3.05, 3.63) is 89.9 Å². The second-order valence-electron chi connectivity index (χ2n) is 6.34. The molecule has 3 aromatic carbocycles. The number of aromatic nitrogens is 1. The van der Waals surface area contributed by atoms with Gasteiger partial charge in [-0.3, -0.25) is 4.98 Å². The van der Waals surface area contributed by atoms with Crippen molar-refractivity contribution in [2.24, 2.45) is 0 Å². The lowest BCUT2D eigenvalue weighted by Crippen LogP contribution is -2.07. The Kier molecular flexibility index (Phi) is 4.77. The third-order valence-electron chi connectivity index (χ3n) is 4.51. The lowest BCUT2D eigenvalue weighted by atomic mass is 10.0. The molecule has 0 N–H and O–H groups in total. The smallest absolute Gasteiger partial charge is 0.208 e. The topological polar surface area (TPSA) is 47.0 Å². The molecular weight excluding hydrogens is 425 g/mol. The van der Waals surface area contributed by atoms with Crippen molar-refractivity contribution in [3.8, 4) is 11.1 Å². The van der Waals surface area contributed by atoms with E-state index in [1.54, 1.807) is 0 Å². The standard InChI is InChI=1S/C21H10F5NO2S/c22-14-6-4-11(8-17(14)25)20-13-2-1-3-16(24)21(13)27-10-19(20)30(28,29)12-5-7-15(23)18(26)9-12/h1-10H. The number of rotatable bonds is 3. The highest BCUT2D eigenvalue weighted by Crippen LogP contribution is 2.37. The minimum Gasteiger partial charge on any atom is -0.252 e. The molecule has 3 nitrogen and oxygen atoms in total. The van der Waals surface area contributed by atoms with Gasteiger partial charge in [0.05, 0.1) is 9.79 Å². The molecule has 1 heterocycles. The number of halogens is 5. The van der Waals surface area contributed by atoms with E-state index in [-0.39, 0.29) is 22.0 Å². The molecule has 0 radical (unpaired) electrons. The van der Waals surface area contributed by atoms with Crippen LogP contribution in [0.4, 0.5) is 22.0 Å². The minimum atomic E-state index is -4.49. The lowest BCUT2D eigenvalue weighted by Gasteiger charge is -2.14. The molecule has 9 heteroatoms. The second-order valence-corrected chi connectivity index (χ2v) is 8.26. The van der Waals surface area contributed by atoms with E-state index in [1.165, 1.54) is 12.1 Å². The zero-order valence-electron chi connectivity index (χ0n) is 14.8. The molecule has 4 rings (SSSR count). The summed E-state index contributed by atoms with van der Waals surface area (Å²) in [5.74, 6) is -5.79. The van der Waals surface area contributed by atoms with E-state index >= 15 is 0 Å². The summed E-state index contributed by atoms with van der Waals surface area (Å²) in [7, 11) is -4.49. The van der Waals surface area contributed by atoms with Crippen LogP contribution < -0.4 is 0 Å². The van der Waals surface area contributed by atoms with Crippen LogP contribution in [-0.4, -0.2) is 13.4 Å². The van der Waals surface area contributed by atoms with Gasteiger partial charge in [-0.05, 0) is 42.0 Å². The SMILES string of the molecule is O=S(=O)(c1ccc(F)c(F)c1)c1cnc2c(F)cccc2c1-c1ccc(F)c(F)c1. The van der Waals surface area contributed by atoms with Crippen molar-refractivity contribution < 1.29 is 30.4 Å². The zero-order valence-corrected chi connectivity index (χ0v) is 15.7. The Morgan fingerprint density at radius 3 is 2.03 bits per heavy atom. The van der Waals surface area contributed by atoms with E-state index in [9.17, 15) is 30.4 Å².